The van der Waals surface area contributed by atoms with Gasteiger partial charge in [0.05, 0.1) is 6.04 Å². The topological polar surface area (TPSA) is 58.1 Å². The van der Waals surface area contributed by atoms with Crippen LogP contribution in [0, 0.1) is 5.82 Å². The zero-order chi connectivity index (χ0) is 19.9. The number of amides is 1. The molecular formula is C18H18F4N4OS. The minimum Gasteiger partial charge on any atom is -0.345 e. The molecule has 1 amide bonds. The molecule has 1 aliphatic carbocycles. The van der Waals surface area contributed by atoms with Crippen LogP contribution in [0.3, 0.4) is 0 Å². The molecule has 2 heterocycles. The highest BCUT2D eigenvalue weighted by atomic mass is 32.1. The number of aromatic nitrogens is 2. The summed E-state index contributed by atoms with van der Waals surface area (Å²) in [4.78, 5) is 13.4. The summed E-state index contributed by atoms with van der Waals surface area (Å²) in [5.74, 6) is -2.29. The van der Waals surface area contributed by atoms with Crippen molar-refractivity contribution in [1.29, 1.82) is 0 Å². The van der Waals surface area contributed by atoms with Crippen LogP contribution in [0.2, 0.25) is 0 Å². The SMILES string of the molecule is O=C(NC1CN(c2nnc(C3CC3)s2)CCC1c1ccc(F)cc1)C(F)(F)F. The number of piperidine rings is 1. The zero-order valence-corrected chi connectivity index (χ0v) is 15.6. The average Bonchev–Trinajstić information content (AvgIpc) is 3.39. The fraction of sp³-hybridized carbons (Fsp3) is 0.500. The molecule has 1 aliphatic heterocycles. The lowest BCUT2D eigenvalue weighted by atomic mass is 9.85. The maximum absolute atomic E-state index is 13.2. The minimum atomic E-state index is -4.96. The van der Waals surface area contributed by atoms with Gasteiger partial charge >= 0.3 is 12.1 Å². The van der Waals surface area contributed by atoms with E-state index >= 15 is 0 Å². The van der Waals surface area contributed by atoms with E-state index in [1.54, 1.807) is 12.1 Å². The molecule has 1 aromatic heterocycles. The van der Waals surface area contributed by atoms with Gasteiger partial charge in [0.25, 0.3) is 0 Å². The van der Waals surface area contributed by atoms with E-state index in [2.05, 4.69) is 15.5 Å². The quantitative estimate of drug-likeness (QED) is 0.777. The summed E-state index contributed by atoms with van der Waals surface area (Å²) in [5, 5.41) is 12.1. The maximum atomic E-state index is 13.2. The normalized spacial score (nSPS) is 22.9. The van der Waals surface area contributed by atoms with Crippen molar-refractivity contribution in [3.05, 3.63) is 40.7 Å². The Labute approximate surface area is 162 Å². The van der Waals surface area contributed by atoms with Crippen molar-refractivity contribution in [2.75, 3.05) is 18.0 Å². The van der Waals surface area contributed by atoms with Gasteiger partial charge in [-0.15, -0.1) is 10.2 Å². The van der Waals surface area contributed by atoms with Gasteiger partial charge < -0.3 is 10.2 Å². The third-order valence-corrected chi connectivity index (χ3v) is 6.26. The molecule has 0 radical (unpaired) electrons. The molecule has 4 rings (SSSR count). The smallest absolute Gasteiger partial charge is 0.345 e. The number of halogens is 4. The number of anilines is 1. The van der Waals surface area contributed by atoms with Gasteiger partial charge in [0.2, 0.25) is 5.13 Å². The number of carbonyl (C=O) groups excluding carboxylic acids is 1. The molecule has 1 saturated heterocycles. The Morgan fingerprint density at radius 2 is 1.86 bits per heavy atom. The number of alkyl halides is 3. The van der Waals surface area contributed by atoms with Crippen LogP contribution in [-0.4, -0.2) is 41.4 Å². The number of carbonyl (C=O) groups is 1. The predicted octanol–water partition coefficient (Wildman–Crippen LogP) is 3.60. The molecule has 1 N–H and O–H groups in total. The molecule has 5 nitrogen and oxygen atoms in total. The maximum Gasteiger partial charge on any atom is 0.471 e. The predicted molar refractivity (Wildman–Crippen MR) is 95.8 cm³/mol. The Morgan fingerprint density at radius 3 is 2.50 bits per heavy atom. The third-order valence-electron chi connectivity index (χ3n) is 5.11. The first kappa shape index (κ1) is 19.1. The molecule has 0 spiro atoms. The van der Waals surface area contributed by atoms with Gasteiger partial charge in [0.15, 0.2) is 0 Å². The van der Waals surface area contributed by atoms with Crippen molar-refractivity contribution in [2.24, 2.45) is 0 Å². The van der Waals surface area contributed by atoms with Crippen molar-refractivity contribution in [2.45, 2.75) is 43.3 Å². The van der Waals surface area contributed by atoms with E-state index in [0.717, 1.165) is 17.8 Å². The summed E-state index contributed by atoms with van der Waals surface area (Å²) < 4.78 is 51.7. The number of nitrogens with zero attached hydrogens (tertiary/aromatic N) is 3. The average molecular weight is 414 g/mol. The summed E-state index contributed by atoms with van der Waals surface area (Å²) in [5.41, 5.74) is 0.699. The highest BCUT2D eigenvalue weighted by Gasteiger charge is 2.42. The second-order valence-electron chi connectivity index (χ2n) is 7.17. The molecular weight excluding hydrogens is 396 g/mol. The minimum absolute atomic E-state index is 0.184. The van der Waals surface area contributed by atoms with Gasteiger partial charge in [-0.1, -0.05) is 23.5 Å². The summed E-state index contributed by atoms with van der Waals surface area (Å²) in [7, 11) is 0. The molecule has 150 valence electrons. The molecule has 1 aromatic carbocycles. The van der Waals surface area contributed by atoms with Crippen LogP contribution in [0.5, 0.6) is 0 Å². The highest BCUT2D eigenvalue weighted by molar-refractivity contribution is 7.15. The monoisotopic (exact) mass is 414 g/mol. The van der Waals surface area contributed by atoms with Crippen molar-refractivity contribution in [1.82, 2.24) is 15.5 Å². The molecule has 2 fully saturated rings. The molecule has 2 aromatic rings. The molecule has 0 bridgehead atoms. The third kappa shape index (κ3) is 4.11. The van der Waals surface area contributed by atoms with Crippen molar-refractivity contribution in [3.63, 3.8) is 0 Å². The van der Waals surface area contributed by atoms with Gasteiger partial charge in [0, 0.05) is 24.9 Å². The van der Waals surface area contributed by atoms with E-state index in [1.807, 2.05) is 4.90 Å². The number of rotatable bonds is 4. The lowest BCUT2D eigenvalue weighted by molar-refractivity contribution is -0.174. The van der Waals surface area contributed by atoms with Crippen LogP contribution in [0.15, 0.2) is 24.3 Å². The number of hydrogen-bond acceptors (Lipinski definition) is 5. The highest BCUT2D eigenvalue weighted by Crippen LogP contribution is 2.43. The van der Waals surface area contributed by atoms with E-state index in [4.69, 9.17) is 0 Å². The van der Waals surface area contributed by atoms with Gasteiger partial charge in [-0.3, -0.25) is 4.79 Å². The molecule has 10 heteroatoms. The number of benzene rings is 1. The molecule has 2 unspecified atom stereocenters. The number of hydrogen-bond donors (Lipinski definition) is 1. The number of nitrogens with one attached hydrogen (secondary N) is 1. The largest absolute Gasteiger partial charge is 0.471 e. The van der Waals surface area contributed by atoms with Crippen LogP contribution in [0.4, 0.5) is 22.7 Å². The van der Waals surface area contributed by atoms with E-state index < -0.39 is 23.9 Å². The Kier molecular flexibility index (Phi) is 4.98. The van der Waals surface area contributed by atoms with Gasteiger partial charge in [-0.05, 0) is 37.0 Å². The Hall–Kier alpha value is -2.23. The summed E-state index contributed by atoms with van der Waals surface area (Å²) >= 11 is 1.45. The summed E-state index contributed by atoms with van der Waals surface area (Å²) in [6.45, 7) is 0.753. The zero-order valence-electron chi connectivity index (χ0n) is 14.7. The van der Waals surface area contributed by atoms with Crippen LogP contribution in [-0.2, 0) is 4.79 Å². The van der Waals surface area contributed by atoms with E-state index in [1.165, 1.54) is 23.5 Å². The molecule has 1 saturated carbocycles. The van der Waals surface area contributed by atoms with Gasteiger partial charge in [-0.2, -0.15) is 13.2 Å². The molecule has 2 atom stereocenters. The fourth-order valence-corrected chi connectivity index (χ4v) is 4.53. The lowest BCUT2D eigenvalue weighted by Gasteiger charge is -2.39. The Balaban J connectivity index is 1.55. The lowest BCUT2D eigenvalue weighted by Crippen LogP contribution is -2.54. The summed E-state index contributed by atoms with van der Waals surface area (Å²) in [6.07, 6.45) is -2.28. The Morgan fingerprint density at radius 1 is 1.14 bits per heavy atom. The van der Waals surface area contributed by atoms with Gasteiger partial charge in [-0.25, -0.2) is 4.39 Å². The van der Waals surface area contributed by atoms with Crippen molar-refractivity contribution < 1.29 is 22.4 Å². The standard InChI is InChI=1S/C18H18F4N4OS/c19-12-5-3-10(4-6-12)13-7-8-26(9-14(13)23-16(27)18(20,21)22)17-25-24-15(28-17)11-1-2-11/h3-6,11,13-14H,1-2,7-9H2,(H,23,27). The van der Waals surface area contributed by atoms with Crippen molar-refractivity contribution in [3.8, 4) is 0 Å². The summed E-state index contributed by atoms with van der Waals surface area (Å²) in [6, 6.07) is 4.88. The van der Waals surface area contributed by atoms with E-state index in [-0.39, 0.29) is 12.5 Å². The van der Waals surface area contributed by atoms with Crippen LogP contribution in [0.1, 0.15) is 41.7 Å². The van der Waals surface area contributed by atoms with Gasteiger partial charge in [0.1, 0.15) is 10.8 Å². The fourth-order valence-electron chi connectivity index (χ4n) is 3.48. The first-order valence-electron chi connectivity index (χ1n) is 9.03. The van der Waals surface area contributed by atoms with Crippen LogP contribution < -0.4 is 10.2 Å². The van der Waals surface area contributed by atoms with Crippen LogP contribution >= 0.6 is 11.3 Å². The first-order chi connectivity index (χ1) is 13.3. The Bertz CT molecular complexity index is 850. The molecule has 2 aliphatic rings. The first-order valence-corrected chi connectivity index (χ1v) is 9.84. The van der Waals surface area contributed by atoms with Crippen LogP contribution in [0.25, 0.3) is 0 Å². The second kappa shape index (κ2) is 7.31. The van der Waals surface area contributed by atoms with Crippen molar-refractivity contribution >= 4 is 22.4 Å². The second-order valence-corrected chi connectivity index (χ2v) is 8.16. The molecule has 28 heavy (non-hydrogen) atoms. The van der Waals surface area contributed by atoms with E-state index in [9.17, 15) is 22.4 Å². The van der Waals surface area contributed by atoms with E-state index in [0.29, 0.717) is 29.6 Å².